The van der Waals surface area contributed by atoms with E-state index in [-0.39, 0.29) is 30.7 Å². The van der Waals surface area contributed by atoms with Crippen LogP contribution in [0.5, 0.6) is 0 Å². The van der Waals surface area contributed by atoms with Gasteiger partial charge in [0.15, 0.2) is 0 Å². The van der Waals surface area contributed by atoms with Crippen LogP contribution >= 0.6 is 24.8 Å². The van der Waals surface area contributed by atoms with Crippen LogP contribution in [0.4, 0.5) is 0 Å². The molecule has 0 saturated carbocycles. The summed E-state index contributed by atoms with van der Waals surface area (Å²) in [5.41, 5.74) is 5.92. The van der Waals surface area contributed by atoms with Crippen LogP contribution in [0.25, 0.3) is 0 Å². The van der Waals surface area contributed by atoms with Gasteiger partial charge in [-0.3, -0.25) is 4.79 Å². The zero-order valence-corrected chi connectivity index (χ0v) is 15.7. The molecule has 3 N–H and O–H groups in total. The van der Waals surface area contributed by atoms with Gasteiger partial charge < -0.3 is 15.6 Å². The molecule has 0 aliphatic carbocycles. The Morgan fingerprint density at radius 1 is 1.29 bits per heavy atom. The lowest BCUT2D eigenvalue weighted by molar-refractivity contribution is -0.126. The molecule has 1 unspecified atom stereocenters. The smallest absolute Gasteiger partial charge is 0.244 e. The average Bonchev–Trinajstić information content (AvgIpc) is 2.96. The van der Waals surface area contributed by atoms with Crippen molar-refractivity contribution >= 4 is 30.7 Å². The molecule has 0 saturated heterocycles. The molecular formula is C16H25Cl2N5O. The van der Waals surface area contributed by atoms with Crippen molar-refractivity contribution in [1.29, 1.82) is 0 Å². The zero-order chi connectivity index (χ0) is 16.2. The highest BCUT2D eigenvalue weighted by atomic mass is 35.5. The summed E-state index contributed by atoms with van der Waals surface area (Å²) in [7, 11) is 0. The van der Waals surface area contributed by atoms with Gasteiger partial charge >= 0.3 is 0 Å². The van der Waals surface area contributed by atoms with Gasteiger partial charge in [0.05, 0.1) is 0 Å². The summed E-state index contributed by atoms with van der Waals surface area (Å²) >= 11 is 0. The molecule has 24 heavy (non-hydrogen) atoms. The van der Waals surface area contributed by atoms with Gasteiger partial charge in [-0.15, -0.1) is 35.0 Å². The van der Waals surface area contributed by atoms with Gasteiger partial charge in [0, 0.05) is 19.0 Å². The number of amides is 1. The molecule has 1 amide bonds. The Labute approximate surface area is 155 Å². The Hall–Kier alpha value is -1.63. The van der Waals surface area contributed by atoms with Crippen LogP contribution in [0, 0.1) is 0 Å². The largest absolute Gasteiger partial charge is 0.352 e. The maximum atomic E-state index is 12.3. The Morgan fingerprint density at radius 2 is 1.92 bits per heavy atom. The minimum Gasteiger partial charge on any atom is -0.352 e. The lowest BCUT2D eigenvalue weighted by Crippen LogP contribution is -2.49. The van der Waals surface area contributed by atoms with E-state index in [1.807, 2.05) is 34.9 Å². The third-order valence-electron chi connectivity index (χ3n) is 3.65. The summed E-state index contributed by atoms with van der Waals surface area (Å²) in [5, 5.41) is 10.9. The summed E-state index contributed by atoms with van der Waals surface area (Å²) < 4.78 is 1.95. The van der Waals surface area contributed by atoms with Crippen LogP contribution in [0.3, 0.4) is 0 Å². The fourth-order valence-corrected chi connectivity index (χ4v) is 2.27. The molecule has 0 spiro atoms. The number of carbonyl (C=O) groups excluding carboxylic acids is 1. The second-order valence-electron chi connectivity index (χ2n) is 5.86. The summed E-state index contributed by atoms with van der Waals surface area (Å²) in [5.74, 6) is 1.01. The molecule has 1 heterocycles. The van der Waals surface area contributed by atoms with E-state index in [0.29, 0.717) is 19.0 Å². The number of benzene rings is 1. The normalized spacial score (nSPS) is 12.7. The van der Waals surface area contributed by atoms with Crippen molar-refractivity contribution in [3.05, 3.63) is 48.0 Å². The van der Waals surface area contributed by atoms with Crippen LogP contribution in [0.1, 0.15) is 38.1 Å². The van der Waals surface area contributed by atoms with Gasteiger partial charge in [-0.1, -0.05) is 44.2 Å². The molecule has 2 rings (SSSR count). The molecule has 6 nitrogen and oxygen atoms in total. The molecule has 0 aliphatic heterocycles. The van der Waals surface area contributed by atoms with Gasteiger partial charge in [-0.05, 0) is 12.5 Å². The number of nitrogens with one attached hydrogen (secondary N) is 1. The van der Waals surface area contributed by atoms with Crippen molar-refractivity contribution in [3.63, 3.8) is 0 Å². The molecule has 134 valence electrons. The first kappa shape index (κ1) is 22.4. The van der Waals surface area contributed by atoms with E-state index in [0.717, 1.165) is 11.4 Å². The van der Waals surface area contributed by atoms with Crippen LogP contribution in [0.15, 0.2) is 36.7 Å². The van der Waals surface area contributed by atoms with Crippen molar-refractivity contribution in [2.24, 2.45) is 5.73 Å². The maximum absolute atomic E-state index is 12.3. The number of hydrogen-bond donors (Lipinski definition) is 2. The van der Waals surface area contributed by atoms with E-state index in [9.17, 15) is 4.79 Å². The maximum Gasteiger partial charge on any atom is 0.244 e. The Balaban J connectivity index is 0.00000264. The summed E-state index contributed by atoms with van der Waals surface area (Å²) in [6, 6.07) is 9.36. The number of aromatic nitrogens is 3. The van der Waals surface area contributed by atoms with Crippen LogP contribution in [-0.2, 0) is 16.9 Å². The molecule has 1 aromatic heterocycles. The second-order valence-corrected chi connectivity index (χ2v) is 5.86. The van der Waals surface area contributed by atoms with Crippen LogP contribution < -0.4 is 11.1 Å². The molecule has 1 aromatic carbocycles. The van der Waals surface area contributed by atoms with Gasteiger partial charge in [-0.25, -0.2) is 0 Å². The summed E-state index contributed by atoms with van der Waals surface area (Å²) in [6.45, 7) is 6.94. The summed E-state index contributed by atoms with van der Waals surface area (Å²) in [6.07, 6.45) is 1.68. The predicted octanol–water partition coefficient (Wildman–Crippen LogP) is 2.24. The fraction of sp³-hybridized carbons (Fsp3) is 0.438. The molecule has 0 bridgehead atoms. The van der Waals surface area contributed by atoms with Crippen molar-refractivity contribution < 1.29 is 4.79 Å². The van der Waals surface area contributed by atoms with E-state index in [1.165, 1.54) is 0 Å². The Morgan fingerprint density at radius 3 is 2.50 bits per heavy atom. The van der Waals surface area contributed by atoms with E-state index < -0.39 is 5.54 Å². The van der Waals surface area contributed by atoms with Crippen molar-refractivity contribution in [2.75, 3.05) is 6.54 Å². The first-order valence-electron chi connectivity index (χ1n) is 7.43. The highest BCUT2D eigenvalue weighted by molar-refractivity contribution is 5.87. The first-order valence-corrected chi connectivity index (χ1v) is 7.43. The van der Waals surface area contributed by atoms with Gasteiger partial charge in [0.25, 0.3) is 0 Å². The third-order valence-corrected chi connectivity index (χ3v) is 3.65. The number of nitrogens with two attached hydrogens (primary N) is 1. The van der Waals surface area contributed by atoms with Gasteiger partial charge in [0.2, 0.25) is 5.91 Å². The monoisotopic (exact) mass is 373 g/mol. The molecule has 0 fully saturated rings. The molecular weight excluding hydrogens is 349 g/mol. The topological polar surface area (TPSA) is 85.8 Å². The SMILES string of the molecule is CC(C)c1nncn1CCNC(=O)C(C)(N)c1ccccc1.Cl.Cl. The minimum atomic E-state index is -1.05. The number of halogens is 2. The van der Waals surface area contributed by atoms with E-state index in [1.54, 1.807) is 13.3 Å². The van der Waals surface area contributed by atoms with Crippen molar-refractivity contribution in [3.8, 4) is 0 Å². The van der Waals surface area contributed by atoms with Crippen LogP contribution in [0.2, 0.25) is 0 Å². The Kier molecular flexibility index (Phi) is 8.96. The van der Waals surface area contributed by atoms with Gasteiger partial charge in [0.1, 0.15) is 17.7 Å². The molecule has 2 aromatic rings. The molecule has 0 radical (unpaired) electrons. The lowest BCUT2D eigenvalue weighted by Gasteiger charge is -2.24. The van der Waals surface area contributed by atoms with E-state index >= 15 is 0 Å². The molecule has 1 atom stereocenters. The van der Waals surface area contributed by atoms with Crippen LogP contribution in [-0.4, -0.2) is 27.2 Å². The quantitative estimate of drug-likeness (QED) is 0.812. The fourth-order valence-electron chi connectivity index (χ4n) is 2.27. The number of carbonyl (C=O) groups is 1. The predicted molar refractivity (Wildman–Crippen MR) is 99.6 cm³/mol. The number of hydrogen-bond acceptors (Lipinski definition) is 4. The van der Waals surface area contributed by atoms with Gasteiger partial charge in [-0.2, -0.15) is 0 Å². The molecule has 0 aliphatic rings. The van der Waals surface area contributed by atoms with E-state index in [2.05, 4.69) is 29.4 Å². The number of rotatable bonds is 6. The minimum absolute atomic E-state index is 0. The third kappa shape index (κ3) is 5.19. The highest BCUT2D eigenvalue weighted by Crippen LogP contribution is 2.17. The Bertz CT molecular complexity index is 628. The molecule has 8 heteroatoms. The first-order chi connectivity index (χ1) is 10.4. The number of nitrogens with zero attached hydrogens (tertiary/aromatic N) is 3. The second kappa shape index (κ2) is 9.61. The van der Waals surface area contributed by atoms with Crippen molar-refractivity contribution in [2.45, 2.75) is 38.8 Å². The zero-order valence-electron chi connectivity index (χ0n) is 14.1. The van der Waals surface area contributed by atoms with E-state index in [4.69, 9.17) is 5.73 Å². The lowest BCUT2D eigenvalue weighted by atomic mass is 9.92. The summed E-state index contributed by atoms with van der Waals surface area (Å²) in [4.78, 5) is 12.3. The standard InChI is InChI=1S/C16H23N5O.2ClH/c1-12(2)14-20-19-11-21(14)10-9-18-15(22)16(3,17)13-7-5-4-6-8-13;;/h4-8,11-12H,9-10,17H2,1-3H3,(H,18,22);2*1H. The van der Waals surface area contributed by atoms with Crippen molar-refractivity contribution in [1.82, 2.24) is 20.1 Å². The highest BCUT2D eigenvalue weighted by Gasteiger charge is 2.29. The average molecular weight is 374 g/mol.